The van der Waals surface area contributed by atoms with Gasteiger partial charge in [0.25, 0.3) is 5.56 Å². The van der Waals surface area contributed by atoms with Gasteiger partial charge in [-0.3, -0.25) is 4.79 Å². The standard InChI is InChI=1S/C20H12F3N3O/c21-20(22,23)14-10-11-17(24-12-14)26-19(27)16-9-5-4-8-15(16)18(25-26)13-6-2-1-3-7-13/h1-12H. The molecule has 4 nitrogen and oxygen atoms in total. The Morgan fingerprint density at radius 2 is 1.48 bits per heavy atom. The van der Waals surface area contributed by atoms with Crippen molar-refractivity contribution < 1.29 is 13.2 Å². The van der Waals surface area contributed by atoms with Gasteiger partial charge in [0.05, 0.1) is 16.6 Å². The molecule has 0 saturated heterocycles. The van der Waals surface area contributed by atoms with E-state index < -0.39 is 17.3 Å². The van der Waals surface area contributed by atoms with Crippen LogP contribution < -0.4 is 5.56 Å². The Hall–Kier alpha value is -3.48. The van der Waals surface area contributed by atoms with Gasteiger partial charge in [-0.1, -0.05) is 48.5 Å². The quantitative estimate of drug-likeness (QED) is 0.525. The number of rotatable bonds is 2. The molecule has 2 aromatic heterocycles. The number of halogens is 3. The number of pyridine rings is 1. The smallest absolute Gasteiger partial charge is 0.267 e. The first-order valence-electron chi connectivity index (χ1n) is 8.06. The molecule has 0 aliphatic carbocycles. The van der Waals surface area contributed by atoms with Gasteiger partial charge in [0, 0.05) is 17.1 Å². The zero-order chi connectivity index (χ0) is 19.0. The summed E-state index contributed by atoms with van der Waals surface area (Å²) in [5, 5.41) is 5.47. The largest absolute Gasteiger partial charge is 0.417 e. The van der Waals surface area contributed by atoms with Crippen LogP contribution in [0.1, 0.15) is 5.56 Å². The second-order valence-electron chi connectivity index (χ2n) is 5.88. The van der Waals surface area contributed by atoms with Crippen LogP contribution in [-0.2, 0) is 6.18 Å². The van der Waals surface area contributed by atoms with Crippen molar-refractivity contribution in [3.8, 4) is 17.1 Å². The van der Waals surface area contributed by atoms with E-state index in [1.807, 2.05) is 30.3 Å². The molecule has 0 bridgehead atoms. The van der Waals surface area contributed by atoms with Crippen molar-refractivity contribution in [2.24, 2.45) is 0 Å². The number of aromatic nitrogens is 3. The molecule has 0 unspecified atom stereocenters. The first-order chi connectivity index (χ1) is 12.9. The van der Waals surface area contributed by atoms with Crippen molar-refractivity contribution in [1.29, 1.82) is 0 Å². The Morgan fingerprint density at radius 1 is 0.815 bits per heavy atom. The molecule has 2 heterocycles. The summed E-state index contributed by atoms with van der Waals surface area (Å²) in [4.78, 5) is 16.6. The fourth-order valence-corrected chi connectivity index (χ4v) is 2.83. The predicted octanol–water partition coefficient (Wildman–Crippen LogP) is 4.47. The maximum absolute atomic E-state index is 12.8. The van der Waals surface area contributed by atoms with Crippen LogP contribution in [-0.4, -0.2) is 14.8 Å². The van der Waals surface area contributed by atoms with Crippen molar-refractivity contribution in [2.75, 3.05) is 0 Å². The van der Waals surface area contributed by atoms with E-state index in [9.17, 15) is 18.0 Å². The third-order valence-electron chi connectivity index (χ3n) is 4.14. The fraction of sp³-hybridized carbons (Fsp3) is 0.0500. The lowest BCUT2D eigenvalue weighted by Gasteiger charge is -2.11. The highest BCUT2D eigenvalue weighted by molar-refractivity contribution is 5.93. The lowest BCUT2D eigenvalue weighted by molar-refractivity contribution is -0.137. The highest BCUT2D eigenvalue weighted by atomic mass is 19.4. The second kappa shape index (κ2) is 6.35. The summed E-state index contributed by atoms with van der Waals surface area (Å²) in [6.45, 7) is 0. The summed E-state index contributed by atoms with van der Waals surface area (Å²) in [6, 6.07) is 18.2. The highest BCUT2D eigenvalue weighted by Crippen LogP contribution is 2.29. The van der Waals surface area contributed by atoms with Gasteiger partial charge < -0.3 is 0 Å². The van der Waals surface area contributed by atoms with Gasteiger partial charge in [0.1, 0.15) is 0 Å². The molecule has 0 spiro atoms. The average molecular weight is 367 g/mol. The van der Waals surface area contributed by atoms with E-state index in [4.69, 9.17) is 0 Å². The molecule has 0 aliphatic rings. The molecular weight excluding hydrogens is 355 g/mol. The van der Waals surface area contributed by atoms with Gasteiger partial charge in [0.15, 0.2) is 5.82 Å². The van der Waals surface area contributed by atoms with E-state index in [0.717, 1.165) is 22.4 Å². The molecule has 2 aromatic carbocycles. The maximum Gasteiger partial charge on any atom is 0.417 e. The van der Waals surface area contributed by atoms with E-state index in [1.54, 1.807) is 24.3 Å². The number of hydrogen-bond acceptors (Lipinski definition) is 3. The number of benzene rings is 2. The Kier molecular flexibility index (Phi) is 3.99. The molecule has 0 radical (unpaired) electrons. The molecule has 4 aromatic rings. The van der Waals surface area contributed by atoms with E-state index in [1.165, 1.54) is 0 Å². The SMILES string of the molecule is O=c1c2ccccc2c(-c2ccccc2)nn1-c1ccc(C(F)(F)F)cn1. The number of nitrogens with zero attached hydrogens (tertiary/aromatic N) is 3. The van der Waals surface area contributed by atoms with Gasteiger partial charge >= 0.3 is 6.18 Å². The Bertz CT molecular complexity index is 1170. The van der Waals surface area contributed by atoms with E-state index in [-0.39, 0.29) is 5.82 Å². The molecule has 7 heteroatoms. The van der Waals surface area contributed by atoms with Crippen LogP contribution in [0.25, 0.3) is 27.8 Å². The zero-order valence-corrected chi connectivity index (χ0v) is 13.8. The monoisotopic (exact) mass is 367 g/mol. The topological polar surface area (TPSA) is 47.8 Å². The Morgan fingerprint density at radius 3 is 2.11 bits per heavy atom. The minimum Gasteiger partial charge on any atom is -0.267 e. The second-order valence-corrected chi connectivity index (χ2v) is 5.88. The van der Waals surface area contributed by atoms with Crippen molar-refractivity contribution in [3.63, 3.8) is 0 Å². The summed E-state index contributed by atoms with van der Waals surface area (Å²) in [5.74, 6) is 0.0240. The van der Waals surface area contributed by atoms with Crippen molar-refractivity contribution in [3.05, 3.63) is 88.8 Å². The summed E-state index contributed by atoms with van der Waals surface area (Å²) < 4.78 is 39.3. The van der Waals surface area contributed by atoms with Crippen molar-refractivity contribution in [2.45, 2.75) is 6.18 Å². The zero-order valence-electron chi connectivity index (χ0n) is 13.8. The number of hydrogen-bond donors (Lipinski definition) is 0. The fourth-order valence-electron chi connectivity index (χ4n) is 2.83. The molecule has 0 aliphatic heterocycles. The summed E-state index contributed by atoms with van der Waals surface area (Å²) in [6.07, 6.45) is -3.80. The van der Waals surface area contributed by atoms with Crippen LogP contribution in [0, 0.1) is 0 Å². The van der Waals surface area contributed by atoms with Gasteiger partial charge in [-0.25, -0.2) is 4.98 Å². The van der Waals surface area contributed by atoms with Crippen LogP contribution in [0.2, 0.25) is 0 Å². The van der Waals surface area contributed by atoms with Crippen molar-refractivity contribution >= 4 is 10.8 Å². The van der Waals surface area contributed by atoms with Crippen LogP contribution in [0.15, 0.2) is 77.7 Å². The highest BCUT2D eigenvalue weighted by Gasteiger charge is 2.30. The Balaban J connectivity index is 1.97. The van der Waals surface area contributed by atoms with Crippen LogP contribution >= 0.6 is 0 Å². The number of alkyl halides is 3. The van der Waals surface area contributed by atoms with Gasteiger partial charge in [-0.15, -0.1) is 0 Å². The lowest BCUT2D eigenvalue weighted by atomic mass is 10.1. The molecule has 0 fully saturated rings. The molecule has 134 valence electrons. The summed E-state index contributed by atoms with van der Waals surface area (Å²) >= 11 is 0. The molecule has 27 heavy (non-hydrogen) atoms. The van der Waals surface area contributed by atoms with Gasteiger partial charge in [-0.05, 0) is 18.2 Å². The third kappa shape index (κ3) is 3.08. The Labute approximate surface area is 151 Å². The summed E-state index contributed by atoms with van der Waals surface area (Å²) in [7, 11) is 0. The minimum atomic E-state index is -4.50. The normalized spacial score (nSPS) is 11.7. The molecule has 4 rings (SSSR count). The van der Waals surface area contributed by atoms with E-state index in [2.05, 4.69) is 10.1 Å². The van der Waals surface area contributed by atoms with Crippen LogP contribution in [0.4, 0.5) is 13.2 Å². The lowest BCUT2D eigenvalue weighted by Crippen LogP contribution is -2.23. The molecule has 0 amide bonds. The molecular formula is C20H12F3N3O. The summed E-state index contributed by atoms with van der Waals surface area (Å²) in [5.41, 5.74) is 0.00257. The van der Waals surface area contributed by atoms with Gasteiger partial charge in [0.2, 0.25) is 0 Å². The molecule has 0 saturated carbocycles. The van der Waals surface area contributed by atoms with Gasteiger partial charge in [-0.2, -0.15) is 23.0 Å². The minimum absolute atomic E-state index is 0.0240. The maximum atomic E-state index is 12.8. The van der Waals surface area contributed by atoms with Crippen LogP contribution in [0.3, 0.4) is 0 Å². The first-order valence-corrected chi connectivity index (χ1v) is 8.06. The number of fused-ring (bicyclic) bond motifs is 1. The third-order valence-corrected chi connectivity index (χ3v) is 4.14. The van der Waals surface area contributed by atoms with E-state index in [0.29, 0.717) is 22.7 Å². The molecule has 0 atom stereocenters. The molecule has 0 N–H and O–H groups in total. The van der Waals surface area contributed by atoms with E-state index >= 15 is 0 Å². The first kappa shape index (κ1) is 17.0. The van der Waals surface area contributed by atoms with Crippen molar-refractivity contribution in [1.82, 2.24) is 14.8 Å². The van der Waals surface area contributed by atoms with Crippen LogP contribution in [0.5, 0.6) is 0 Å². The average Bonchev–Trinajstić information content (AvgIpc) is 2.69. The predicted molar refractivity (Wildman–Crippen MR) is 95.6 cm³/mol.